The van der Waals surface area contributed by atoms with Crippen molar-refractivity contribution in [3.05, 3.63) is 58.9 Å². The molecule has 29 heavy (non-hydrogen) atoms. The Morgan fingerprint density at radius 1 is 1.28 bits per heavy atom. The van der Waals surface area contributed by atoms with Gasteiger partial charge in [-0.15, -0.1) is 0 Å². The van der Waals surface area contributed by atoms with Crippen LogP contribution in [0.5, 0.6) is 5.75 Å². The summed E-state index contributed by atoms with van der Waals surface area (Å²) in [6, 6.07) is 11.4. The van der Waals surface area contributed by atoms with E-state index in [-0.39, 0.29) is 12.0 Å². The van der Waals surface area contributed by atoms with E-state index >= 15 is 0 Å². The third kappa shape index (κ3) is 4.89. The van der Waals surface area contributed by atoms with Crippen LogP contribution in [0.1, 0.15) is 25.3 Å². The summed E-state index contributed by atoms with van der Waals surface area (Å²) in [7, 11) is 1.60. The zero-order valence-electron chi connectivity index (χ0n) is 16.5. The van der Waals surface area contributed by atoms with Crippen LogP contribution in [0.4, 0.5) is 10.1 Å². The molecular formula is C22H25ClFNO4. The summed E-state index contributed by atoms with van der Waals surface area (Å²) in [5.74, 6) is -0.161. The molecule has 0 aromatic heterocycles. The van der Waals surface area contributed by atoms with Crippen molar-refractivity contribution < 1.29 is 23.4 Å². The van der Waals surface area contributed by atoms with Crippen molar-refractivity contribution in [2.75, 3.05) is 32.2 Å². The van der Waals surface area contributed by atoms with Crippen LogP contribution >= 0.6 is 11.6 Å². The molecule has 0 bridgehead atoms. The highest BCUT2D eigenvalue weighted by Crippen LogP contribution is 2.38. The van der Waals surface area contributed by atoms with E-state index in [2.05, 4.69) is 5.32 Å². The molecule has 1 amide bonds. The van der Waals surface area contributed by atoms with Crippen molar-refractivity contribution >= 4 is 23.2 Å². The molecule has 0 aliphatic carbocycles. The first-order valence-electron chi connectivity index (χ1n) is 9.55. The summed E-state index contributed by atoms with van der Waals surface area (Å²) in [5.41, 5.74) is -0.0766. The Morgan fingerprint density at radius 2 is 2.00 bits per heavy atom. The number of hydrogen-bond donors (Lipinski definition) is 1. The number of rotatable bonds is 7. The molecule has 7 heteroatoms. The molecular weight excluding hydrogens is 397 g/mol. The maximum atomic E-state index is 14.6. The average Bonchev–Trinajstić information content (AvgIpc) is 2.71. The van der Waals surface area contributed by atoms with Gasteiger partial charge in [0.05, 0.1) is 17.0 Å². The smallest absolute Gasteiger partial charge is 0.235 e. The van der Waals surface area contributed by atoms with Gasteiger partial charge in [0.2, 0.25) is 5.91 Å². The average molecular weight is 422 g/mol. The van der Waals surface area contributed by atoms with E-state index < -0.39 is 11.2 Å². The Kier molecular flexibility index (Phi) is 7.11. The van der Waals surface area contributed by atoms with Crippen LogP contribution in [-0.2, 0) is 19.7 Å². The highest BCUT2D eigenvalue weighted by atomic mass is 35.5. The van der Waals surface area contributed by atoms with Crippen molar-refractivity contribution in [3.8, 4) is 5.75 Å². The molecule has 0 unspecified atom stereocenters. The van der Waals surface area contributed by atoms with E-state index in [0.717, 1.165) is 0 Å². The molecule has 1 aliphatic rings. The number of nitrogens with one attached hydrogen (secondary N) is 1. The van der Waals surface area contributed by atoms with Gasteiger partial charge in [-0.3, -0.25) is 4.79 Å². The molecule has 0 spiro atoms. The number of methoxy groups -OCH3 is 1. The van der Waals surface area contributed by atoms with Crippen LogP contribution in [0.3, 0.4) is 0 Å². The number of anilines is 1. The van der Waals surface area contributed by atoms with Gasteiger partial charge in [0.1, 0.15) is 17.7 Å². The molecule has 2 aromatic rings. The van der Waals surface area contributed by atoms with E-state index in [9.17, 15) is 9.18 Å². The lowest BCUT2D eigenvalue weighted by Crippen LogP contribution is -2.45. The lowest BCUT2D eigenvalue weighted by Gasteiger charge is -2.36. The molecule has 1 fully saturated rings. The Hall–Kier alpha value is -2.15. The Bertz CT molecular complexity index is 854. The van der Waals surface area contributed by atoms with Gasteiger partial charge in [0.25, 0.3) is 0 Å². The predicted molar refractivity (Wildman–Crippen MR) is 110 cm³/mol. The number of ether oxygens (including phenoxy) is 3. The van der Waals surface area contributed by atoms with Gasteiger partial charge in [-0.25, -0.2) is 4.39 Å². The summed E-state index contributed by atoms with van der Waals surface area (Å²) < 4.78 is 30.8. The quantitative estimate of drug-likeness (QED) is 0.711. The molecule has 0 radical (unpaired) electrons. The Morgan fingerprint density at radius 3 is 2.66 bits per heavy atom. The third-order valence-electron chi connectivity index (χ3n) is 5.09. The van der Waals surface area contributed by atoms with Crippen LogP contribution in [0, 0.1) is 5.82 Å². The van der Waals surface area contributed by atoms with Crippen LogP contribution < -0.4 is 10.1 Å². The molecule has 156 valence electrons. The summed E-state index contributed by atoms with van der Waals surface area (Å²) >= 11 is 6.32. The second kappa shape index (κ2) is 9.57. The minimum atomic E-state index is -0.988. The van der Waals surface area contributed by atoms with Crippen LogP contribution in [0.2, 0.25) is 5.02 Å². The number of benzene rings is 2. The fourth-order valence-electron chi connectivity index (χ4n) is 3.60. The highest BCUT2D eigenvalue weighted by Gasteiger charge is 2.43. The van der Waals surface area contributed by atoms with Gasteiger partial charge in [0.15, 0.2) is 0 Å². The number of amides is 1. The fourth-order valence-corrected chi connectivity index (χ4v) is 3.82. The van der Waals surface area contributed by atoms with Crippen LogP contribution in [0.25, 0.3) is 0 Å². The zero-order valence-corrected chi connectivity index (χ0v) is 17.3. The van der Waals surface area contributed by atoms with Gasteiger partial charge in [-0.1, -0.05) is 29.8 Å². The fraction of sp³-hybridized carbons (Fsp3) is 0.409. The first kappa shape index (κ1) is 21.6. The Labute approximate surface area is 175 Å². The highest BCUT2D eigenvalue weighted by molar-refractivity contribution is 6.32. The molecule has 0 saturated carbocycles. The molecule has 3 rings (SSSR count). The SMILES string of the molecule is COC[C@H](C)Oc1ccc(NC(=O)C2(c3ccccc3F)CCOCC2)cc1Cl. The van der Waals surface area contributed by atoms with Crippen LogP contribution in [-0.4, -0.2) is 38.9 Å². The maximum Gasteiger partial charge on any atom is 0.235 e. The number of carbonyl (C=O) groups excluding carboxylic acids is 1. The van der Waals surface area contributed by atoms with E-state index in [1.54, 1.807) is 43.5 Å². The summed E-state index contributed by atoms with van der Waals surface area (Å²) in [6.07, 6.45) is 0.649. The molecule has 1 atom stereocenters. The first-order chi connectivity index (χ1) is 14.0. The summed E-state index contributed by atoms with van der Waals surface area (Å²) in [5, 5.41) is 3.27. The predicted octanol–water partition coefficient (Wildman–Crippen LogP) is 4.58. The van der Waals surface area contributed by atoms with Crippen LogP contribution in [0.15, 0.2) is 42.5 Å². The molecule has 1 aliphatic heterocycles. The molecule has 1 N–H and O–H groups in total. The van der Waals surface area contributed by atoms with E-state index in [0.29, 0.717) is 54.7 Å². The second-order valence-corrected chi connectivity index (χ2v) is 7.56. The van der Waals surface area contributed by atoms with Gasteiger partial charge in [0, 0.05) is 31.6 Å². The summed E-state index contributed by atoms with van der Waals surface area (Å²) in [6.45, 7) is 3.10. The normalized spacial score (nSPS) is 16.8. The number of carbonyl (C=O) groups is 1. The van der Waals surface area contributed by atoms with Crippen molar-refractivity contribution in [1.82, 2.24) is 0 Å². The number of halogens is 2. The lowest BCUT2D eigenvalue weighted by atomic mass is 9.73. The minimum absolute atomic E-state index is 0.162. The topological polar surface area (TPSA) is 56.8 Å². The summed E-state index contributed by atoms with van der Waals surface area (Å²) in [4.78, 5) is 13.3. The maximum absolute atomic E-state index is 14.6. The Balaban J connectivity index is 1.82. The second-order valence-electron chi connectivity index (χ2n) is 7.16. The number of hydrogen-bond acceptors (Lipinski definition) is 4. The standard InChI is InChI=1S/C22H25ClFNO4/c1-15(14-27-2)29-20-8-7-16(13-18(20)23)25-21(26)22(9-11-28-12-10-22)17-5-3-4-6-19(17)24/h3-8,13,15H,9-12,14H2,1-2H3,(H,25,26)/t15-/m0/s1. The monoisotopic (exact) mass is 421 g/mol. The van der Waals surface area contributed by atoms with E-state index in [4.69, 9.17) is 25.8 Å². The van der Waals surface area contributed by atoms with Crippen molar-refractivity contribution in [2.45, 2.75) is 31.3 Å². The molecule has 1 saturated heterocycles. The first-order valence-corrected chi connectivity index (χ1v) is 9.93. The van der Waals surface area contributed by atoms with E-state index in [1.165, 1.54) is 6.07 Å². The third-order valence-corrected chi connectivity index (χ3v) is 5.39. The van der Waals surface area contributed by atoms with Crippen molar-refractivity contribution in [1.29, 1.82) is 0 Å². The largest absolute Gasteiger partial charge is 0.487 e. The van der Waals surface area contributed by atoms with Crippen molar-refractivity contribution in [3.63, 3.8) is 0 Å². The lowest BCUT2D eigenvalue weighted by molar-refractivity contribution is -0.125. The molecule has 2 aromatic carbocycles. The van der Waals surface area contributed by atoms with Crippen molar-refractivity contribution in [2.24, 2.45) is 0 Å². The minimum Gasteiger partial charge on any atom is -0.487 e. The molecule has 5 nitrogen and oxygen atoms in total. The van der Waals surface area contributed by atoms with Gasteiger partial charge in [-0.05, 0) is 44.0 Å². The van der Waals surface area contributed by atoms with Gasteiger partial charge < -0.3 is 19.5 Å². The zero-order chi connectivity index (χ0) is 20.9. The van der Waals surface area contributed by atoms with E-state index in [1.807, 2.05) is 6.92 Å². The van der Waals surface area contributed by atoms with Gasteiger partial charge >= 0.3 is 0 Å². The van der Waals surface area contributed by atoms with Gasteiger partial charge in [-0.2, -0.15) is 0 Å². The molecule has 1 heterocycles.